The van der Waals surface area contributed by atoms with Gasteiger partial charge in [-0.15, -0.1) is 11.8 Å². The zero-order chi connectivity index (χ0) is 22.8. The molecule has 172 valence electrons. The first-order valence-corrected chi connectivity index (χ1v) is 12.6. The van der Waals surface area contributed by atoms with Crippen LogP contribution in [0.25, 0.3) is 10.9 Å². The zero-order valence-corrected chi connectivity index (χ0v) is 20.3. The highest BCUT2D eigenvalue weighted by atomic mass is 32.2. The molecule has 1 aliphatic heterocycles. The molecular weight excluding hydrogens is 416 g/mol. The van der Waals surface area contributed by atoms with Crippen LogP contribution in [0, 0.1) is 5.92 Å². The number of likely N-dealkylation sites (tertiary alicyclic amines) is 1. The fourth-order valence-corrected chi connectivity index (χ4v) is 5.13. The summed E-state index contributed by atoms with van der Waals surface area (Å²) in [4.78, 5) is 16.3. The Balaban J connectivity index is 1.44. The molecular formula is C27H36N2O2S. The number of aromatic nitrogens is 1. The molecule has 0 spiro atoms. The van der Waals surface area contributed by atoms with E-state index in [0.717, 1.165) is 48.0 Å². The van der Waals surface area contributed by atoms with Crippen molar-refractivity contribution >= 4 is 22.7 Å². The number of allylic oxidation sites excluding steroid dienone is 4. The van der Waals surface area contributed by atoms with Gasteiger partial charge in [-0.1, -0.05) is 24.8 Å². The van der Waals surface area contributed by atoms with Crippen LogP contribution in [-0.2, 0) is 6.54 Å². The molecule has 1 aromatic heterocycles. The van der Waals surface area contributed by atoms with Gasteiger partial charge in [-0.2, -0.15) is 0 Å². The van der Waals surface area contributed by atoms with Crippen LogP contribution in [0.5, 0.6) is 5.75 Å². The second-order valence-corrected chi connectivity index (χ2v) is 9.49. The Morgan fingerprint density at radius 2 is 2.00 bits per heavy atom. The normalized spacial score (nSPS) is 16.1. The summed E-state index contributed by atoms with van der Waals surface area (Å²) in [6.07, 6.45) is 13.3. The Morgan fingerprint density at radius 3 is 2.72 bits per heavy atom. The molecule has 2 aromatic rings. The van der Waals surface area contributed by atoms with E-state index in [1.807, 2.05) is 59.7 Å². The van der Waals surface area contributed by atoms with E-state index in [1.54, 1.807) is 13.2 Å². The summed E-state index contributed by atoms with van der Waals surface area (Å²) >= 11 is 1.90. The van der Waals surface area contributed by atoms with Crippen molar-refractivity contribution in [1.82, 2.24) is 9.47 Å². The van der Waals surface area contributed by atoms with E-state index in [1.165, 1.54) is 30.6 Å². The lowest BCUT2D eigenvalue weighted by Crippen LogP contribution is -2.37. The smallest absolute Gasteiger partial charge is 0.251 e. The molecule has 1 fully saturated rings. The largest absolute Gasteiger partial charge is 0.497 e. The molecule has 32 heavy (non-hydrogen) atoms. The van der Waals surface area contributed by atoms with E-state index in [2.05, 4.69) is 23.6 Å². The minimum absolute atomic E-state index is 0.0560. The molecule has 1 aliphatic rings. The molecule has 0 N–H and O–H groups in total. The van der Waals surface area contributed by atoms with E-state index in [0.29, 0.717) is 6.54 Å². The molecule has 4 nitrogen and oxygen atoms in total. The number of ether oxygens (including phenoxy) is 1. The maximum atomic E-state index is 12.5. The molecule has 0 bridgehead atoms. The zero-order valence-electron chi connectivity index (χ0n) is 19.5. The molecule has 2 heterocycles. The number of rotatable bonds is 11. The molecule has 1 aromatic carbocycles. The van der Waals surface area contributed by atoms with E-state index in [4.69, 9.17) is 4.74 Å². The maximum Gasteiger partial charge on any atom is 0.251 e. The summed E-state index contributed by atoms with van der Waals surface area (Å²) in [6.45, 7) is 9.82. The van der Waals surface area contributed by atoms with Crippen molar-refractivity contribution < 1.29 is 4.74 Å². The van der Waals surface area contributed by atoms with Gasteiger partial charge in [-0.25, -0.2) is 0 Å². The Morgan fingerprint density at radius 1 is 1.22 bits per heavy atom. The maximum absolute atomic E-state index is 12.5. The van der Waals surface area contributed by atoms with Gasteiger partial charge in [0.1, 0.15) is 5.75 Å². The molecule has 0 radical (unpaired) electrons. The van der Waals surface area contributed by atoms with Crippen molar-refractivity contribution in [3.63, 3.8) is 0 Å². The molecule has 1 saturated heterocycles. The highest BCUT2D eigenvalue weighted by Crippen LogP contribution is 2.25. The van der Waals surface area contributed by atoms with Crippen LogP contribution < -0.4 is 10.3 Å². The van der Waals surface area contributed by atoms with Crippen LogP contribution >= 0.6 is 11.8 Å². The molecule has 0 aliphatic carbocycles. The lowest BCUT2D eigenvalue weighted by Gasteiger charge is -2.32. The van der Waals surface area contributed by atoms with Gasteiger partial charge in [-0.05, 0) is 87.0 Å². The van der Waals surface area contributed by atoms with E-state index in [-0.39, 0.29) is 5.56 Å². The van der Waals surface area contributed by atoms with Crippen molar-refractivity contribution in [3.05, 3.63) is 76.5 Å². The topological polar surface area (TPSA) is 34.5 Å². The fourth-order valence-electron chi connectivity index (χ4n) is 4.29. The first-order chi connectivity index (χ1) is 15.6. The number of fused-ring (bicyclic) bond motifs is 1. The van der Waals surface area contributed by atoms with Crippen LogP contribution in [0.1, 0.15) is 32.6 Å². The predicted octanol–water partition coefficient (Wildman–Crippen LogP) is 5.88. The van der Waals surface area contributed by atoms with Gasteiger partial charge >= 0.3 is 0 Å². The van der Waals surface area contributed by atoms with E-state index < -0.39 is 0 Å². The van der Waals surface area contributed by atoms with Crippen LogP contribution in [0.2, 0.25) is 0 Å². The highest BCUT2D eigenvalue weighted by Gasteiger charge is 2.19. The summed E-state index contributed by atoms with van der Waals surface area (Å²) < 4.78 is 7.25. The minimum Gasteiger partial charge on any atom is -0.497 e. The predicted molar refractivity (Wildman–Crippen MR) is 139 cm³/mol. The molecule has 0 atom stereocenters. The third kappa shape index (κ3) is 6.88. The standard InChI is InChI=1S/C27H36N2O2S/c1-4-6-9-25(5-2)32-20-7-8-22-14-16-28(17-15-22)18-19-29-26-21-24(31-3)12-10-23(26)11-13-27(29)30/h4-6,9-13,21-22H,2,7-8,14-20H2,1,3H3/b6-4-,25-9+. The Kier molecular flexibility index (Phi) is 9.69. The summed E-state index contributed by atoms with van der Waals surface area (Å²) in [5.74, 6) is 2.76. The van der Waals surface area contributed by atoms with Gasteiger partial charge in [0, 0.05) is 30.1 Å². The van der Waals surface area contributed by atoms with Gasteiger partial charge in [-0.3, -0.25) is 4.79 Å². The van der Waals surface area contributed by atoms with Gasteiger partial charge in [0.15, 0.2) is 0 Å². The van der Waals surface area contributed by atoms with Crippen LogP contribution in [-0.4, -0.2) is 42.0 Å². The van der Waals surface area contributed by atoms with Gasteiger partial charge in [0.05, 0.1) is 12.6 Å². The molecule has 5 heteroatoms. The SMILES string of the molecule is C=C/C(=C\C=C/C)SCCCC1CCN(CCn2c(=O)ccc3ccc(OC)cc32)CC1. The number of methoxy groups -OCH3 is 1. The molecule has 3 rings (SSSR count). The average Bonchev–Trinajstić information content (AvgIpc) is 2.83. The van der Waals surface area contributed by atoms with Crippen LogP contribution in [0.15, 0.2) is 70.9 Å². The summed E-state index contributed by atoms with van der Waals surface area (Å²) in [5, 5.41) is 1.07. The van der Waals surface area contributed by atoms with Crippen molar-refractivity contribution in [2.24, 2.45) is 5.92 Å². The number of hydrogen-bond donors (Lipinski definition) is 0. The Hall–Kier alpha value is -2.24. The molecule has 0 amide bonds. The van der Waals surface area contributed by atoms with Crippen LogP contribution in [0.3, 0.4) is 0 Å². The molecule has 0 unspecified atom stereocenters. The quantitative estimate of drug-likeness (QED) is 0.315. The van der Waals surface area contributed by atoms with Crippen LogP contribution in [0.4, 0.5) is 0 Å². The number of thioether (sulfide) groups is 1. The van der Waals surface area contributed by atoms with E-state index >= 15 is 0 Å². The second kappa shape index (κ2) is 12.7. The first kappa shape index (κ1) is 24.4. The van der Waals surface area contributed by atoms with Crippen molar-refractivity contribution in [1.29, 1.82) is 0 Å². The number of pyridine rings is 1. The summed E-state index contributed by atoms with van der Waals surface area (Å²) in [5.41, 5.74) is 1.01. The van der Waals surface area contributed by atoms with E-state index in [9.17, 15) is 4.79 Å². The number of piperidine rings is 1. The monoisotopic (exact) mass is 452 g/mol. The second-order valence-electron chi connectivity index (χ2n) is 8.32. The first-order valence-electron chi connectivity index (χ1n) is 11.6. The summed E-state index contributed by atoms with van der Waals surface area (Å²) in [7, 11) is 1.66. The number of benzene rings is 1. The number of nitrogens with zero attached hydrogens (tertiary/aromatic N) is 2. The van der Waals surface area contributed by atoms with Crippen molar-refractivity contribution in [2.45, 2.75) is 39.2 Å². The summed E-state index contributed by atoms with van der Waals surface area (Å²) in [6, 6.07) is 9.49. The number of hydrogen-bond acceptors (Lipinski definition) is 4. The van der Waals surface area contributed by atoms with Gasteiger partial charge in [0.2, 0.25) is 0 Å². The highest BCUT2D eigenvalue weighted by molar-refractivity contribution is 8.03. The lowest BCUT2D eigenvalue weighted by atomic mass is 9.92. The third-order valence-electron chi connectivity index (χ3n) is 6.23. The third-order valence-corrected chi connectivity index (χ3v) is 7.36. The lowest BCUT2D eigenvalue weighted by molar-refractivity contribution is 0.173. The van der Waals surface area contributed by atoms with Gasteiger partial charge < -0.3 is 14.2 Å². The fraction of sp³-hybridized carbons (Fsp3) is 0.444. The Labute approximate surface area is 196 Å². The molecule has 0 saturated carbocycles. The minimum atomic E-state index is 0.0560. The van der Waals surface area contributed by atoms with Crippen molar-refractivity contribution in [3.8, 4) is 5.75 Å². The average molecular weight is 453 g/mol. The Bertz CT molecular complexity index is 1000. The van der Waals surface area contributed by atoms with Gasteiger partial charge in [0.25, 0.3) is 5.56 Å². The van der Waals surface area contributed by atoms with Crippen molar-refractivity contribution in [2.75, 3.05) is 32.5 Å².